The van der Waals surface area contributed by atoms with E-state index in [-0.39, 0.29) is 18.0 Å². The van der Waals surface area contributed by atoms with Crippen LogP contribution in [-0.4, -0.2) is 34.7 Å². The highest BCUT2D eigenvalue weighted by atomic mass is 16.5. The van der Waals surface area contributed by atoms with E-state index < -0.39 is 0 Å². The van der Waals surface area contributed by atoms with E-state index in [1.807, 2.05) is 49.4 Å². The third kappa shape index (κ3) is 4.48. The van der Waals surface area contributed by atoms with E-state index in [1.165, 1.54) is 5.56 Å². The Hall–Kier alpha value is -2.74. The average molecular weight is 393 g/mol. The lowest BCUT2D eigenvalue weighted by molar-refractivity contribution is -0.118. The Bertz CT molecular complexity index is 956. The fraction of sp³-hybridized carbons (Fsp3) is 0.364. The van der Waals surface area contributed by atoms with Crippen LogP contribution >= 0.6 is 0 Å². The van der Waals surface area contributed by atoms with Gasteiger partial charge in [0.2, 0.25) is 11.9 Å². The molecule has 0 saturated carbocycles. The fourth-order valence-electron chi connectivity index (χ4n) is 3.70. The molecule has 3 aromatic rings. The summed E-state index contributed by atoms with van der Waals surface area (Å²) < 4.78 is 7.52. The van der Waals surface area contributed by atoms with E-state index in [0.717, 1.165) is 24.0 Å². The number of carbonyl (C=O) groups excluding carboxylic acids is 1. The van der Waals surface area contributed by atoms with Gasteiger partial charge in [0.05, 0.1) is 11.0 Å². The van der Waals surface area contributed by atoms with Crippen LogP contribution in [0.25, 0.3) is 11.0 Å². The molecule has 0 bridgehead atoms. The van der Waals surface area contributed by atoms with Crippen LogP contribution in [0.3, 0.4) is 0 Å². The van der Waals surface area contributed by atoms with Crippen LogP contribution in [0.5, 0.6) is 0 Å². The van der Waals surface area contributed by atoms with Crippen LogP contribution < -0.4 is 16.2 Å². The molecule has 1 aliphatic rings. The van der Waals surface area contributed by atoms with Gasteiger partial charge in [-0.15, -0.1) is 0 Å². The monoisotopic (exact) mass is 393 g/mol. The number of para-hydroxylation sites is 2. The quantitative estimate of drug-likeness (QED) is 0.513. The highest BCUT2D eigenvalue weighted by Gasteiger charge is 2.30. The third-order valence-electron chi connectivity index (χ3n) is 5.19. The molecular formula is C22H27N5O2. The fourth-order valence-corrected chi connectivity index (χ4v) is 3.70. The summed E-state index contributed by atoms with van der Waals surface area (Å²) in [5.41, 5.74) is 9.40. The van der Waals surface area contributed by atoms with Crippen LogP contribution in [0, 0.1) is 0 Å². The first-order valence-corrected chi connectivity index (χ1v) is 10.2. The molecule has 1 aromatic heterocycles. The lowest BCUT2D eigenvalue weighted by Crippen LogP contribution is -2.40. The van der Waals surface area contributed by atoms with Crippen LogP contribution in [-0.2, 0) is 16.1 Å². The smallest absolute Gasteiger partial charge is 0.245 e. The normalized spacial score (nSPS) is 18.9. The first kappa shape index (κ1) is 19.6. The maximum Gasteiger partial charge on any atom is 0.245 e. The van der Waals surface area contributed by atoms with Crippen molar-refractivity contribution in [3.63, 3.8) is 0 Å². The Kier molecular flexibility index (Phi) is 6.19. The van der Waals surface area contributed by atoms with Gasteiger partial charge in [0.1, 0.15) is 6.04 Å². The Morgan fingerprint density at radius 1 is 1.17 bits per heavy atom. The predicted octanol–water partition coefficient (Wildman–Crippen LogP) is 3.01. The number of benzene rings is 2. The van der Waals surface area contributed by atoms with E-state index in [0.29, 0.717) is 25.6 Å². The van der Waals surface area contributed by atoms with Gasteiger partial charge in [-0.05, 0) is 37.5 Å². The molecule has 0 radical (unpaired) electrons. The van der Waals surface area contributed by atoms with Crippen molar-refractivity contribution >= 4 is 22.9 Å². The molecule has 1 amide bonds. The SMILES string of the molecule is CCOCCCn1c(NC(=O)C2CC(c3ccccc3)NN2)nc2ccccc21. The molecule has 1 fully saturated rings. The van der Waals surface area contributed by atoms with Gasteiger partial charge < -0.3 is 9.30 Å². The lowest BCUT2D eigenvalue weighted by Gasteiger charge is -2.13. The minimum Gasteiger partial charge on any atom is -0.382 e. The molecule has 1 aliphatic heterocycles. The van der Waals surface area contributed by atoms with Crippen molar-refractivity contribution in [3.05, 3.63) is 60.2 Å². The minimum atomic E-state index is -0.322. The first-order chi connectivity index (χ1) is 14.3. The average Bonchev–Trinajstić information content (AvgIpc) is 3.37. The van der Waals surface area contributed by atoms with Crippen molar-refractivity contribution in [2.24, 2.45) is 0 Å². The second-order valence-electron chi connectivity index (χ2n) is 7.16. The van der Waals surface area contributed by atoms with Crippen LogP contribution in [0.4, 0.5) is 5.95 Å². The number of amides is 1. The summed E-state index contributed by atoms with van der Waals surface area (Å²) in [6.45, 7) is 4.11. The van der Waals surface area contributed by atoms with Crippen LogP contribution in [0.2, 0.25) is 0 Å². The molecule has 1 saturated heterocycles. The van der Waals surface area contributed by atoms with Crippen molar-refractivity contribution in [1.29, 1.82) is 0 Å². The number of rotatable bonds is 8. The number of hydrogen-bond acceptors (Lipinski definition) is 5. The number of ether oxygens (including phenoxy) is 1. The summed E-state index contributed by atoms with van der Waals surface area (Å²) in [4.78, 5) is 17.5. The van der Waals surface area contributed by atoms with E-state index in [9.17, 15) is 4.79 Å². The molecule has 0 aliphatic carbocycles. The van der Waals surface area contributed by atoms with Crippen LogP contribution in [0.1, 0.15) is 31.4 Å². The number of aryl methyl sites for hydroxylation is 1. The van der Waals surface area contributed by atoms with Gasteiger partial charge >= 0.3 is 0 Å². The van der Waals surface area contributed by atoms with Gasteiger partial charge in [0, 0.05) is 25.8 Å². The van der Waals surface area contributed by atoms with E-state index in [4.69, 9.17) is 4.74 Å². The molecule has 2 unspecified atom stereocenters. The third-order valence-corrected chi connectivity index (χ3v) is 5.19. The van der Waals surface area contributed by atoms with Crippen molar-refractivity contribution < 1.29 is 9.53 Å². The Morgan fingerprint density at radius 2 is 1.97 bits per heavy atom. The topological polar surface area (TPSA) is 80.2 Å². The number of carbonyl (C=O) groups is 1. The van der Waals surface area contributed by atoms with Gasteiger partial charge in [-0.2, -0.15) is 0 Å². The molecule has 3 N–H and O–H groups in total. The number of nitrogens with zero attached hydrogens (tertiary/aromatic N) is 2. The summed E-state index contributed by atoms with van der Waals surface area (Å²) in [7, 11) is 0. The van der Waals surface area contributed by atoms with E-state index in [2.05, 4.69) is 37.9 Å². The highest BCUT2D eigenvalue weighted by Crippen LogP contribution is 2.24. The Balaban J connectivity index is 1.46. The molecular weight excluding hydrogens is 366 g/mol. The first-order valence-electron chi connectivity index (χ1n) is 10.2. The summed E-state index contributed by atoms with van der Waals surface area (Å²) in [5.74, 6) is 0.495. The number of anilines is 1. The van der Waals surface area contributed by atoms with Crippen molar-refractivity contribution in [1.82, 2.24) is 20.4 Å². The molecule has 4 rings (SSSR count). The van der Waals surface area contributed by atoms with Gasteiger partial charge in [0.15, 0.2) is 0 Å². The maximum atomic E-state index is 12.9. The summed E-state index contributed by atoms with van der Waals surface area (Å²) in [6, 6.07) is 17.9. The van der Waals surface area contributed by atoms with Crippen molar-refractivity contribution in [2.45, 2.75) is 38.4 Å². The molecule has 2 atom stereocenters. The zero-order chi connectivity index (χ0) is 20.1. The number of hydrogen-bond donors (Lipinski definition) is 3. The lowest BCUT2D eigenvalue weighted by atomic mass is 10.0. The molecule has 7 heteroatoms. The Morgan fingerprint density at radius 3 is 2.79 bits per heavy atom. The molecule has 29 heavy (non-hydrogen) atoms. The molecule has 2 aromatic carbocycles. The number of imidazole rings is 1. The van der Waals surface area contributed by atoms with Crippen molar-refractivity contribution in [2.75, 3.05) is 18.5 Å². The summed E-state index contributed by atoms with van der Waals surface area (Å²) >= 11 is 0. The summed E-state index contributed by atoms with van der Waals surface area (Å²) in [6.07, 6.45) is 1.54. The van der Waals surface area contributed by atoms with E-state index >= 15 is 0 Å². The number of nitrogens with one attached hydrogen (secondary N) is 3. The molecule has 2 heterocycles. The number of hydrazine groups is 1. The number of aromatic nitrogens is 2. The molecule has 0 spiro atoms. The standard InChI is InChI=1S/C22H27N5O2/c1-2-29-14-8-13-27-20-12-7-6-11-17(20)23-22(27)24-21(28)19-15-18(25-26-19)16-9-4-3-5-10-16/h3-7,9-12,18-19,25-26H,2,8,13-15H2,1H3,(H,23,24,28). The predicted molar refractivity (Wildman–Crippen MR) is 113 cm³/mol. The molecule has 152 valence electrons. The maximum absolute atomic E-state index is 12.9. The molecule has 7 nitrogen and oxygen atoms in total. The van der Waals surface area contributed by atoms with E-state index in [1.54, 1.807) is 0 Å². The van der Waals surface area contributed by atoms with Crippen molar-refractivity contribution in [3.8, 4) is 0 Å². The summed E-state index contributed by atoms with van der Waals surface area (Å²) in [5, 5.41) is 3.02. The highest BCUT2D eigenvalue weighted by molar-refractivity contribution is 5.95. The number of fused-ring (bicyclic) bond motifs is 1. The van der Waals surface area contributed by atoms with Gasteiger partial charge in [0.25, 0.3) is 0 Å². The second kappa shape index (κ2) is 9.17. The Labute approximate surface area is 170 Å². The zero-order valence-electron chi connectivity index (χ0n) is 16.6. The minimum absolute atomic E-state index is 0.0858. The second-order valence-corrected chi connectivity index (χ2v) is 7.16. The van der Waals surface area contributed by atoms with Gasteiger partial charge in [-0.25, -0.2) is 15.8 Å². The largest absolute Gasteiger partial charge is 0.382 e. The van der Waals surface area contributed by atoms with Gasteiger partial charge in [-0.1, -0.05) is 42.5 Å². The van der Waals surface area contributed by atoms with Crippen LogP contribution in [0.15, 0.2) is 54.6 Å². The zero-order valence-corrected chi connectivity index (χ0v) is 16.6. The van der Waals surface area contributed by atoms with Gasteiger partial charge in [-0.3, -0.25) is 10.1 Å².